The standard InChI is InChI=1S/C7H12NO.CH3.W/c9-6-3-7-1-4-8-5-2-7;;/h6-7H,1-5H2;1H3;/q2*-1;+2. The zero-order valence-electron chi connectivity index (χ0n) is 6.95. The molecule has 1 fully saturated rings. The second-order valence-corrected chi connectivity index (χ2v) is 2.52. The van der Waals surface area contributed by atoms with Crippen molar-refractivity contribution in [2.24, 2.45) is 5.92 Å². The summed E-state index contributed by atoms with van der Waals surface area (Å²) in [6.07, 6.45) is 4.02. The quantitative estimate of drug-likeness (QED) is 0.563. The van der Waals surface area contributed by atoms with E-state index in [9.17, 15) is 4.79 Å². The van der Waals surface area contributed by atoms with Crippen molar-refractivity contribution in [1.82, 2.24) is 0 Å². The Morgan fingerprint density at radius 2 is 1.91 bits per heavy atom. The number of piperidine rings is 1. The number of aldehydes is 1. The maximum absolute atomic E-state index is 10.0. The van der Waals surface area contributed by atoms with Crippen molar-refractivity contribution in [3.8, 4) is 0 Å². The van der Waals surface area contributed by atoms with Crippen molar-refractivity contribution < 1.29 is 25.9 Å². The van der Waals surface area contributed by atoms with E-state index >= 15 is 0 Å². The zero-order valence-corrected chi connectivity index (χ0v) is 9.89. The summed E-state index contributed by atoms with van der Waals surface area (Å²) in [5, 5.41) is 4.19. The van der Waals surface area contributed by atoms with Gasteiger partial charge < -0.3 is 17.5 Å². The fraction of sp³-hybridized carbons (Fsp3) is 0.750. The van der Waals surface area contributed by atoms with Crippen molar-refractivity contribution in [2.75, 3.05) is 13.1 Å². The molecule has 3 heteroatoms. The molecular weight excluding hydrogens is 310 g/mol. The fourth-order valence-electron chi connectivity index (χ4n) is 1.18. The van der Waals surface area contributed by atoms with Crippen LogP contribution in [0, 0.1) is 13.3 Å². The zero-order chi connectivity index (χ0) is 6.53. The Morgan fingerprint density at radius 3 is 2.36 bits per heavy atom. The molecule has 0 radical (unpaired) electrons. The molecule has 1 rings (SSSR count). The molecule has 0 aromatic heterocycles. The van der Waals surface area contributed by atoms with Crippen LogP contribution in [0.5, 0.6) is 0 Å². The van der Waals surface area contributed by atoms with Crippen LogP contribution in [0.25, 0.3) is 5.32 Å². The Morgan fingerprint density at radius 1 is 1.36 bits per heavy atom. The van der Waals surface area contributed by atoms with E-state index in [0.29, 0.717) is 5.92 Å². The second kappa shape index (κ2) is 8.42. The molecule has 2 nitrogen and oxygen atoms in total. The Hall–Kier alpha value is 0.318. The molecule has 0 atom stereocenters. The number of carbonyl (C=O) groups excluding carboxylic acids is 1. The van der Waals surface area contributed by atoms with Crippen LogP contribution in [0.15, 0.2) is 0 Å². The minimum absolute atomic E-state index is 0. The second-order valence-electron chi connectivity index (χ2n) is 2.52. The van der Waals surface area contributed by atoms with E-state index < -0.39 is 0 Å². The Labute approximate surface area is 83.4 Å². The van der Waals surface area contributed by atoms with E-state index in [1.807, 2.05) is 0 Å². The van der Waals surface area contributed by atoms with Crippen LogP contribution in [0.2, 0.25) is 0 Å². The van der Waals surface area contributed by atoms with Gasteiger partial charge in [-0.3, -0.25) is 0 Å². The van der Waals surface area contributed by atoms with Crippen molar-refractivity contribution in [3.05, 3.63) is 12.7 Å². The third-order valence-corrected chi connectivity index (χ3v) is 1.82. The minimum Gasteiger partial charge on any atom is -0.662 e. The molecular formula is C8H15NOW. The van der Waals surface area contributed by atoms with Crippen molar-refractivity contribution in [3.63, 3.8) is 0 Å². The molecule has 0 aliphatic carbocycles. The van der Waals surface area contributed by atoms with Gasteiger partial charge in [-0.25, -0.2) is 0 Å². The van der Waals surface area contributed by atoms with Gasteiger partial charge in [0, 0.05) is 6.42 Å². The third-order valence-electron chi connectivity index (χ3n) is 1.82. The van der Waals surface area contributed by atoms with Crippen molar-refractivity contribution in [2.45, 2.75) is 19.3 Å². The summed E-state index contributed by atoms with van der Waals surface area (Å²) >= 11 is 0. The third kappa shape index (κ3) is 5.57. The monoisotopic (exact) mass is 325 g/mol. The first kappa shape index (κ1) is 13.9. The van der Waals surface area contributed by atoms with Crippen LogP contribution in [-0.2, 0) is 25.9 Å². The van der Waals surface area contributed by atoms with Gasteiger partial charge in [0.25, 0.3) is 0 Å². The van der Waals surface area contributed by atoms with E-state index in [1.54, 1.807) is 0 Å². The number of carbonyl (C=O) groups is 1. The minimum atomic E-state index is 0. The maximum atomic E-state index is 10.0. The van der Waals surface area contributed by atoms with E-state index in [4.69, 9.17) is 0 Å². The van der Waals surface area contributed by atoms with Crippen LogP contribution in [0.1, 0.15) is 19.3 Å². The first-order chi connectivity index (χ1) is 4.43. The van der Waals surface area contributed by atoms with Gasteiger partial charge in [0.2, 0.25) is 0 Å². The van der Waals surface area contributed by atoms with Gasteiger partial charge in [0.1, 0.15) is 6.29 Å². The molecule has 0 amide bonds. The summed E-state index contributed by atoms with van der Waals surface area (Å²) in [6, 6.07) is 0. The maximum Gasteiger partial charge on any atom is 2.00 e. The number of hydrogen-bond acceptors (Lipinski definition) is 1. The van der Waals surface area contributed by atoms with Gasteiger partial charge >= 0.3 is 21.1 Å². The molecule has 64 valence electrons. The molecule has 11 heavy (non-hydrogen) atoms. The number of rotatable bonds is 2. The molecule has 1 saturated heterocycles. The first-order valence-corrected chi connectivity index (χ1v) is 3.50. The van der Waals surface area contributed by atoms with Crippen LogP contribution >= 0.6 is 0 Å². The Bertz CT molecular complexity index is 92.1. The van der Waals surface area contributed by atoms with Crippen molar-refractivity contribution in [1.29, 1.82) is 0 Å². The summed E-state index contributed by atoms with van der Waals surface area (Å²) in [6.45, 7) is 1.94. The predicted molar refractivity (Wildman–Crippen MR) is 42.9 cm³/mol. The molecule has 0 unspecified atom stereocenters. The molecule has 1 aliphatic heterocycles. The normalized spacial score (nSPS) is 17.8. The Kier molecular flexibility index (Phi) is 10.6. The largest absolute Gasteiger partial charge is 2.00 e. The van der Waals surface area contributed by atoms with Crippen LogP contribution in [0.4, 0.5) is 0 Å². The van der Waals surface area contributed by atoms with Gasteiger partial charge in [0.05, 0.1) is 0 Å². The van der Waals surface area contributed by atoms with E-state index in [0.717, 1.165) is 38.6 Å². The van der Waals surface area contributed by atoms with Crippen molar-refractivity contribution >= 4 is 6.29 Å². The average Bonchev–Trinajstić information content (AvgIpc) is 1.91. The van der Waals surface area contributed by atoms with Gasteiger partial charge in [-0.05, 0) is 5.92 Å². The van der Waals surface area contributed by atoms with Gasteiger partial charge in [-0.2, -0.15) is 0 Å². The number of nitrogens with zero attached hydrogens (tertiary/aromatic N) is 1. The summed E-state index contributed by atoms with van der Waals surface area (Å²) in [4.78, 5) is 10.0. The summed E-state index contributed by atoms with van der Waals surface area (Å²) in [5.41, 5.74) is 0. The fourth-order valence-corrected chi connectivity index (χ4v) is 1.18. The summed E-state index contributed by atoms with van der Waals surface area (Å²) in [7, 11) is 0. The first-order valence-electron chi connectivity index (χ1n) is 3.50. The molecule has 1 heterocycles. The van der Waals surface area contributed by atoms with E-state index in [-0.39, 0.29) is 28.5 Å². The molecule has 0 bridgehead atoms. The molecule has 0 N–H and O–H groups in total. The summed E-state index contributed by atoms with van der Waals surface area (Å²) < 4.78 is 0. The van der Waals surface area contributed by atoms with Gasteiger partial charge in [-0.1, -0.05) is 12.8 Å². The topological polar surface area (TPSA) is 31.2 Å². The molecule has 1 aliphatic rings. The smallest absolute Gasteiger partial charge is 0.662 e. The van der Waals surface area contributed by atoms with E-state index in [1.165, 1.54) is 0 Å². The van der Waals surface area contributed by atoms with Gasteiger partial charge in [0.15, 0.2) is 0 Å². The van der Waals surface area contributed by atoms with Crippen LogP contribution in [0.3, 0.4) is 0 Å². The summed E-state index contributed by atoms with van der Waals surface area (Å²) in [5.74, 6) is 0.639. The molecule has 0 aromatic carbocycles. The van der Waals surface area contributed by atoms with Gasteiger partial charge in [-0.15, -0.1) is 13.1 Å². The van der Waals surface area contributed by atoms with Crippen LogP contribution < -0.4 is 0 Å². The van der Waals surface area contributed by atoms with Crippen LogP contribution in [-0.4, -0.2) is 19.4 Å². The molecule has 0 spiro atoms. The predicted octanol–water partition coefficient (Wildman–Crippen LogP) is 1.81. The average molecular weight is 325 g/mol. The number of hydrogen-bond donors (Lipinski definition) is 0. The molecule has 0 saturated carbocycles. The van der Waals surface area contributed by atoms with E-state index in [2.05, 4.69) is 5.32 Å². The Balaban J connectivity index is 0. The molecule has 0 aromatic rings. The SMILES string of the molecule is O=CCC1CC[N-]CC1.[CH3-].[W+2].